The van der Waals surface area contributed by atoms with Gasteiger partial charge in [-0.3, -0.25) is 0 Å². The molecule has 0 spiro atoms. The Labute approximate surface area is 131 Å². The number of nitrogen functional groups attached to an aromatic ring is 1. The van der Waals surface area contributed by atoms with Crippen molar-refractivity contribution in [2.24, 2.45) is 0 Å². The number of nitrogens with two attached hydrogens (primary N) is 1. The van der Waals surface area contributed by atoms with Crippen LogP contribution < -0.4 is 5.73 Å². The molecule has 0 radical (unpaired) electrons. The number of hydrogen-bond donors (Lipinski definition) is 1. The highest BCUT2D eigenvalue weighted by Crippen LogP contribution is 2.49. The monoisotopic (exact) mass is 300 g/mol. The van der Waals surface area contributed by atoms with Crippen LogP contribution in [0.1, 0.15) is 30.2 Å². The summed E-state index contributed by atoms with van der Waals surface area (Å²) in [5.74, 6) is 0. The largest absolute Gasteiger partial charge is 0.399 e. The molecule has 1 atom stereocenters. The van der Waals surface area contributed by atoms with Crippen molar-refractivity contribution in [1.29, 1.82) is 0 Å². The number of thiophene rings is 1. The molecule has 0 amide bonds. The molecule has 1 aromatic heterocycles. The Morgan fingerprint density at radius 1 is 1.24 bits per heavy atom. The first-order valence-electron chi connectivity index (χ1n) is 7.68. The van der Waals surface area contributed by atoms with Gasteiger partial charge in [0.2, 0.25) is 0 Å². The second kappa shape index (κ2) is 5.82. The van der Waals surface area contributed by atoms with Crippen molar-refractivity contribution >= 4 is 17.0 Å². The van der Waals surface area contributed by atoms with Gasteiger partial charge in [-0.1, -0.05) is 18.2 Å². The summed E-state index contributed by atoms with van der Waals surface area (Å²) in [7, 11) is 2.26. The van der Waals surface area contributed by atoms with E-state index in [1.165, 1.54) is 23.3 Å². The van der Waals surface area contributed by atoms with E-state index in [-0.39, 0.29) is 0 Å². The minimum absolute atomic E-state index is 0.367. The van der Waals surface area contributed by atoms with E-state index in [0.717, 1.165) is 18.7 Å². The summed E-state index contributed by atoms with van der Waals surface area (Å²) in [4.78, 5) is 4.00. The molecule has 0 aliphatic heterocycles. The first-order chi connectivity index (χ1) is 10.1. The van der Waals surface area contributed by atoms with Gasteiger partial charge in [0, 0.05) is 28.6 Å². The van der Waals surface area contributed by atoms with Crippen molar-refractivity contribution < 1.29 is 0 Å². The van der Waals surface area contributed by atoms with Crippen molar-refractivity contribution in [2.45, 2.75) is 37.6 Å². The van der Waals surface area contributed by atoms with Gasteiger partial charge >= 0.3 is 0 Å². The number of anilines is 1. The third-order valence-electron chi connectivity index (χ3n) is 4.76. The molecule has 1 unspecified atom stereocenters. The maximum atomic E-state index is 5.81. The second-order valence-corrected chi connectivity index (χ2v) is 7.48. The van der Waals surface area contributed by atoms with Crippen molar-refractivity contribution in [3.05, 3.63) is 52.2 Å². The van der Waals surface area contributed by atoms with Crippen LogP contribution in [0.15, 0.2) is 41.8 Å². The first-order valence-corrected chi connectivity index (χ1v) is 8.56. The van der Waals surface area contributed by atoms with E-state index >= 15 is 0 Å². The van der Waals surface area contributed by atoms with E-state index in [9.17, 15) is 0 Å². The molecule has 3 heteroatoms. The zero-order chi connectivity index (χ0) is 14.9. The third kappa shape index (κ3) is 3.30. The summed E-state index contributed by atoms with van der Waals surface area (Å²) < 4.78 is 0. The summed E-state index contributed by atoms with van der Waals surface area (Å²) in [6, 6.07) is 13.4. The number of nitrogens with zero attached hydrogens (tertiary/aromatic N) is 1. The Balaban J connectivity index is 1.63. The lowest BCUT2D eigenvalue weighted by molar-refractivity contribution is 0.234. The smallest absolute Gasteiger partial charge is 0.0314 e. The molecule has 1 aliphatic carbocycles. The van der Waals surface area contributed by atoms with Gasteiger partial charge in [0.05, 0.1) is 0 Å². The molecule has 1 saturated carbocycles. The van der Waals surface area contributed by atoms with Crippen molar-refractivity contribution in [1.82, 2.24) is 4.90 Å². The number of benzene rings is 1. The van der Waals surface area contributed by atoms with E-state index in [2.05, 4.69) is 48.5 Å². The van der Waals surface area contributed by atoms with Gasteiger partial charge in [0.25, 0.3) is 0 Å². The topological polar surface area (TPSA) is 29.3 Å². The highest BCUT2D eigenvalue weighted by atomic mass is 32.1. The fourth-order valence-electron chi connectivity index (χ4n) is 3.03. The predicted octanol–water partition coefficient (Wildman–Crippen LogP) is 3.92. The third-order valence-corrected chi connectivity index (χ3v) is 5.66. The minimum atomic E-state index is 0.367. The molecule has 21 heavy (non-hydrogen) atoms. The lowest BCUT2D eigenvalue weighted by Gasteiger charge is -2.29. The Morgan fingerprint density at radius 3 is 2.52 bits per heavy atom. The van der Waals surface area contributed by atoms with Gasteiger partial charge in [-0.2, -0.15) is 0 Å². The summed E-state index contributed by atoms with van der Waals surface area (Å²) in [5, 5.41) is 2.17. The lowest BCUT2D eigenvalue weighted by atomic mass is 9.94. The quantitative estimate of drug-likeness (QED) is 0.819. The molecule has 1 aliphatic rings. The molecule has 1 heterocycles. The van der Waals surface area contributed by atoms with Crippen LogP contribution in [0.4, 0.5) is 5.69 Å². The number of hydrogen-bond acceptors (Lipinski definition) is 3. The molecule has 2 aromatic rings. The second-order valence-electron chi connectivity index (χ2n) is 6.45. The van der Waals surface area contributed by atoms with Crippen molar-refractivity contribution in [3.63, 3.8) is 0 Å². The van der Waals surface area contributed by atoms with Crippen LogP contribution in [0, 0.1) is 0 Å². The van der Waals surface area contributed by atoms with E-state index < -0.39 is 0 Å². The Hall–Kier alpha value is -1.32. The summed E-state index contributed by atoms with van der Waals surface area (Å²) >= 11 is 1.86. The van der Waals surface area contributed by atoms with Crippen LogP contribution in [-0.2, 0) is 11.8 Å². The fourth-order valence-corrected chi connectivity index (χ4v) is 3.86. The van der Waals surface area contributed by atoms with E-state index in [1.54, 1.807) is 0 Å². The Bertz CT molecular complexity index is 570. The molecule has 112 valence electrons. The van der Waals surface area contributed by atoms with Crippen molar-refractivity contribution in [3.8, 4) is 0 Å². The van der Waals surface area contributed by atoms with Gasteiger partial charge in [0.15, 0.2) is 0 Å². The summed E-state index contributed by atoms with van der Waals surface area (Å²) in [5.41, 5.74) is 8.48. The highest BCUT2D eigenvalue weighted by molar-refractivity contribution is 7.09. The number of likely N-dealkylation sites (N-methyl/N-ethyl adjacent to an activating group) is 1. The maximum Gasteiger partial charge on any atom is 0.0314 e. The van der Waals surface area contributed by atoms with Crippen LogP contribution in [0.25, 0.3) is 0 Å². The summed E-state index contributed by atoms with van der Waals surface area (Å²) in [6.07, 6.45) is 3.74. The standard InChI is InChI=1S/C18H24N2S/c1-14(12-17-4-3-11-21-17)20(2)13-18(9-10-18)15-5-7-16(19)8-6-15/h3-8,11,14H,9-10,12-13,19H2,1-2H3. The lowest BCUT2D eigenvalue weighted by Crippen LogP contribution is -2.37. The normalized spacial score (nSPS) is 17.9. The van der Waals surface area contributed by atoms with Crippen LogP contribution in [0.3, 0.4) is 0 Å². The van der Waals surface area contributed by atoms with Crippen LogP contribution in [0.5, 0.6) is 0 Å². The molecule has 1 fully saturated rings. The average molecular weight is 300 g/mol. The van der Waals surface area contributed by atoms with Crippen molar-refractivity contribution in [2.75, 3.05) is 19.3 Å². The predicted molar refractivity (Wildman–Crippen MR) is 91.9 cm³/mol. The summed E-state index contributed by atoms with van der Waals surface area (Å²) in [6.45, 7) is 3.47. The van der Waals surface area contributed by atoms with E-state index in [1.807, 2.05) is 23.5 Å². The Morgan fingerprint density at radius 2 is 1.95 bits per heavy atom. The van der Waals surface area contributed by atoms with Crippen LogP contribution >= 0.6 is 11.3 Å². The molecule has 0 bridgehead atoms. The minimum Gasteiger partial charge on any atom is -0.399 e. The Kier molecular flexibility index (Phi) is 4.05. The molecule has 0 saturated heterocycles. The van der Waals surface area contributed by atoms with E-state index in [0.29, 0.717) is 11.5 Å². The first kappa shape index (κ1) is 14.6. The highest BCUT2D eigenvalue weighted by Gasteiger charge is 2.45. The number of rotatable bonds is 6. The molecule has 2 nitrogen and oxygen atoms in total. The van der Waals surface area contributed by atoms with Crippen LogP contribution in [0.2, 0.25) is 0 Å². The van der Waals surface area contributed by atoms with Gasteiger partial charge in [-0.05, 0) is 62.4 Å². The van der Waals surface area contributed by atoms with Gasteiger partial charge < -0.3 is 10.6 Å². The average Bonchev–Trinajstić information content (AvgIpc) is 3.06. The fraction of sp³-hybridized carbons (Fsp3) is 0.444. The van der Waals surface area contributed by atoms with Gasteiger partial charge in [-0.25, -0.2) is 0 Å². The molecule has 3 rings (SSSR count). The maximum absolute atomic E-state index is 5.81. The van der Waals surface area contributed by atoms with Gasteiger partial charge in [-0.15, -0.1) is 11.3 Å². The SMILES string of the molecule is CC(Cc1cccs1)N(C)CC1(c2ccc(N)cc2)CC1. The van der Waals surface area contributed by atoms with Crippen LogP contribution in [-0.4, -0.2) is 24.5 Å². The molecular weight excluding hydrogens is 276 g/mol. The van der Waals surface area contributed by atoms with E-state index in [4.69, 9.17) is 5.73 Å². The zero-order valence-electron chi connectivity index (χ0n) is 12.9. The molecule has 1 aromatic carbocycles. The molecule has 2 N–H and O–H groups in total. The molecular formula is C18H24N2S. The van der Waals surface area contributed by atoms with Gasteiger partial charge in [0.1, 0.15) is 0 Å². The zero-order valence-corrected chi connectivity index (χ0v) is 13.7.